The molecule has 8 heteroatoms. The highest BCUT2D eigenvalue weighted by Gasteiger charge is 2.47. The highest BCUT2D eigenvalue weighted by molar-refractivity contribution is 5.84. The Bertz CT molecular complexity index is 978. The maximum atomic E-state index is 12.7. The molecule has 1 aromatic heterocycles. The monoisotopic (exact) mass is 384 g/mol. The SMILES string of the molecule is CN1CC(O)CC2(CCN(C(=O)Cn3cnc4ccccc4c3=O)CC2)C1=O. The van der Waals surface area contributed by atoms with Crippen molar-refractivity contribution in [3.05, 3.63) is 40.9 Å². The third-order valence-electron chi connectivity index (χ3n) is 6.02. The zero-order valence-electron chi connectivity index (χ0n) is 15.9. The van der Waals surface area contributed by atoms with Crippen molar-refractivity contribution >= 4 is 22.7 Å². The summed E-state index contributed by atoms with van der Waals surface area (Å²) in [4.78, 5) is 45.5. The minimum atomic E-state index is -0.579. The van der Waals surface area contributed by atoms with E-state index in [4.69, 9.17) is 0 Å². The van der Waals surface area contributed by atoms with Gasteiger partial charge in [-0.1, -0.05) is 12.1 Å². The van der Waals surface area contributed by atoms with Gasteiger partial charge in [-0.2, -0.15) is 0 Å². The lowest BCUT2D eigenvalue weighted by Crippen LogP contribution is -2.57. The summed E-state index contributed by atoms with van der Waals surface area (Å²) >= 11 is 0. The Labute approximate surface area is 162 Å². The summed E-state index contributed by atoms with van der Waals surface area (Å²) in [6, 6.07) is 7.05. The fraction of sp³-hybridized carbons (Fsp3) is 0.500. The van der Waals surface area contributed by atoms with E-state index in [2.05, 4.69) is 4.98 Å². The van der Waals surface area contributed by atoms with Gasteiger partial charge in [-0.25, -0.2) is 4.98 Å². The number of fused-ring (bicyclic) bond motifs is 1. The van der Waals surface area contributed by atoms with E-state index in [1.54, 1.807) is 35.0 Å². The third-order valence-corrected chi connectivity index (χ3v) is 6.02. The molecule has 3 heterocycles. The number of nitrogens with zero attached hydrogens (tertiary/aromatic N) is 4. The highest BCUT2D eigenvalue weighted by Crippen LogP contribution is 2.40. The molecule has 2 aliphatic rings. The number of carbonyl (C=O) groups excluding carboxylic acids is 2. The van der Waals surface area contributed by atoms with Crippen molar-refractivity contribution in [1.82, 2.24) is 19.4 Å². The van der Waals surface area contributed by atoms with Gasteiger partial charge in [0.1, 0.15) is 6.54 Å². The molecule has 2 fully saturated rings. The molecular formula is C20H24N4O4. The number of aromatic nitrogens is 2. The number of amides is 2. The zero-order chi connectivity index (χ0) is 19.9. The van der Waals surface area contributed by atoms with Gasteiger partial charge < -0.3 is 14.9 Å². The molecule has 1 N–H and O–H groups in total. The number of hydrogen-bond donors (Lipinski definition) is 1. The summed E-state index contributed by atoms with van der Waals surface area (Å²) in [6.07, 6.45) is 2.40. The molecule has 8 nitrogen and oxygen atoms in total. The minimum Gasteiger partial charge on any atom is -0.391 e. The first-order valence-electron chi connectivity index (χ1n) is 9.55. The number of likely N-dealkylation sites (tertiary alicyclic amines) is 2. The summed E-state index contributed by atoms with van der Waals surface area (Å²) in [5, 5.41) is 10.6. The van der Waals surface area contributed by atoms with Crippen LogP contribution in [0.15, 0.2) is 35.4 Å². The van der Waals surface area contributed by atoms with Gasteiger partial charge in [0.15, 0.2) is 0 Å². The molecule has 2 amide bonds. The van der Waals surface area contributed by atoms with Gasteiger partial charge in [0, 0.05) is 26.7 Å². The molecule has 0 radical (unpaired) electrons. The zero-order valence-corrected chi connectivity index (χ0v) is 15.9. The molecule has 28 heavy (non-hydrogen) atoms. The topological polar surface area (TPSA) is 95.7 Å². The molecule has 2 saturated heterocycles. The first-order chi connectivity index (χ1) is 13.4. The predicted molar refractivity (Wildman–Crippen MR) is 103 cm³/mol. The average Bonchev–Trinajstić information content (AvgIpc) is 2.69. The molecule has 148 valence electrons. The Morgan fingerprint density at radius 2 is 1.96 bits per heavy atom. The Morgan fingerprint density at radius 1 is 1.25 bits per heavy atom. The number of likely N-dealkylation sites (N-methyl/N-ethyl adjacent to an activating group) is 1. The maximum Gasteiger partial charge on any atom is 0.261 e. The van der Waals surface area contributed by atoms with Crippen molar-refractivity contribution in [2.24, 2.45) is 5.41 Å². The fourth-order valence-electron chi connectivity index (χ4n) is 4.47. The molecular weight excluding hydrogens is 360 g/mol. The molecule has 0 saturated carbocycles. The van der Waals surface area contributed by atoms with Gasteiger partial charge in [0.25, 0.3) is 5.56 Å². The maximum absolute atomic E-state index is 12.7. The highest BCUT2D eigenvalue weighted by atomic mass is 16.3. The quantitative estimate of drug-likeness (QED) is 0.800. The second-order valence-electron chi connectivity index (χ2n) is 7.90. The van der Waals surface area contributed by atoms with E-state index in [0.29, 0.717) is 49.8 Å². The van der Waals surface area contributed by atoms with Gasteiger partial charge in [0.05, 0.1) is 28.7 Å². The first-order valence-corrected chi connectivity index (χ1v) is 9.55. The van der Waals surface area contributed by atoms with Crippen LogP contribution < -0.4 is 5.56 Å². The number of rotatable bonds is 2. The van der Waals surface area contributed by atoms with Crippen molar-refractivity contribution in [2.75, 3.05) is 26.7 Å². The van der Waals surface area contributed by atoms with E-state index in [9.17, 15) is 19.5 Å². The summed E-state index contributed by atoms with van der Waals surface area (Å²) in [7, 11) is 1.71. The molecule has 2 aliphatic heterocycles. The molecule has 2 aromatic rings. The van der Waals surface area contributed by atoms with Crippen LogP contribution in [0.3, 0.4) is 0 Å². The van der Waals surface area contributed by atoms with Crippen molar-refractivity contribution < 1.29 is 14.7 Å². The van der Waals surface area contributed by atoms with Crippen LogP contribution in [0.2, 0.25) is 0 Å². The van der Waals surface area contributed by atoms with E-state index in [1.165, 1.54) is 10.9 Å². The van der Waals surface area contributed by atoms with Crippen LogP contribution in [-0.2, 0) is 16.1 Å². The van der Waals surface area contributed by atoms with Crippen molar-refractivity contribution in [3.63, 3.8) is 0 Å². The molecule has 4 rings (SSSR count). The summed E-state index contributed by atoms with van der Waals surface area (Å²) < 4.78 is 1.33. The standard InChI is InChI=1S/C20H24N4O4/c1-22-11-14(25)10-20(19(22)28)6-8-23(9-7-20)17(26)12-24-13-21-16-5-3-2-4-15(16)18(24)27/h2-5,13-14,25H,6-12H2,1H3. The molecule has 1 aromatic carbocycles. The Hall–Kier alpha value is -2.74. The molecule has 1 spiro atoms. The van der Waals surface area contributed by atoms with E-state index < -0.39 is 11.5 Å². The largest absolute Gasteiger partial charge is 0.391 e. The van der Waals surface area contributed by atoms with Gasteiger partial charge >= 0.3 is 0 Å². The number of carbonyl (C=O) groups is 2. The van der Waals surface area contributed by atoms with Crippen LogP contribution in [0, 0.1) is 5.41 Å². The van der Waals surface area contributed by atoms with Gasteiger partial charge in [0.2, 0.25) is 11.8 Å². The Balaban J connectivity index is 1.46. The lowest BCUT2D eigenvalue weighted by atomic mass is 9.71. The van der Waals surface area contributed by atoms with Crippen LogP contribution >= 0.6 is 0 Å². The average molecular weight is 384 g/mol. The van der Waals surface area contributed by atoms with E-state index >= 15 is 0 Å². The summed E-state index contributed by atoms with van der Waals surface area (Å²) in [6.45, 7) is 1.18. The lowest BCUT2D eigenvalue weighted by Gasteiger charge is -2.47. The van der Waals surface area contributed by atoms with Crippen molar-refractivity contribution in [1.29, 1.82) is 0 Å². The van der Waals surface area contributed by atoms with Crippen LogP contribution in [-0.4, -0.2) is 69.1 Å². The number of aliphatic hydroxyl groups is 1. The second kappa shape index (κ2) is 7.01. The van der Waals surface area contributed by atoms with Crippen LogP contribution in [0.25, 0.3) is 10.9 Å². The van der Waals surface area contributed by atoms with Gasteiger partial charge in [-0.15, -0.1) is 0 Å². The third kappa shape index (κ3) is 3.17. The number of β-amino-alcohol motifs (C(OH)–C–C–N with tert-alkyl or cyclic N) is 1. The van der Waals surface area contributed by atoms with Gasteiger partial charge in [-0.05, 0) is 31.4 Å². The number of benzene rings is 1. The molecule has 0 bridgehead atoms. The summed E-state index contributed by atoms with van der Waals surface area (Å²) in [5.41, 5.74) is -0.209. The van der Waals surface area contributed by atoms with Gasteiger partial charge in [-0.3, -0.25) is 19.0 Å². The van der Waals surface area contributed by atoms with Crippen molar-refractivity contribution in [2.45, 2.75) is 31.9 Å². The smallest absolute Gasteiger partial charge is 0.261 e. The second-order valence-corrected chi connectivity index (χ2v) is 7.90. The minimum absolute atomic E-state index is 0.0554. The van der Waals surface area contributed by atoms with E-state index in [-0.39, 0.29) is 23.9 Å². The van der Waals surface area contributed by atoms with Crippen molar-refractivity contribution in [3.8, 4) is 0 Å². The lowest BCUT2D eigenvalue weighted by molar-refractivity contribution is -0.156. The number of para-hydroxylation sites is 1. The summed E-state index contributed by atoms with van der Waals surface area (Å²) in [5.74, 6) is -0.106. The number of piperidine rings is 2. The van der Waals surface area contributed by atoms with E-state index in [0.717, 1.165) is 0 Å². The first kappa shape index (κ1) is 18.6. The molecule has 1 unspecified atom stereocenters. The normalized spacial score (nSPS) is 22.1. The number of hydrogen-bond acceptors (Lipinski definition) is 5. The van der Waals surface area contributed by atoms with Crippen LogP contribution in [0.4, 0.5) is 0 Å². The molecule has 1 atom stereocenters. The van der Waals surface area contributed by atoms with E-state index in [1.807, 2.05) is 6.07 Å². The Morgan fingerprint density at radius 3 is 2.71 bits per heavy atom. The number of aliphatic hydroxyl groups excluding tert-OH is 1. The Kier molecular flexibility index (Phi) is 4.66. The molecule has 0 aliphatic carbocycles. The predicted octanol–water partition coefficient (Wildman–Crippen LogP) is 0.228. The van der Waals surface area contributed by atoms with Crippen LogP contribution in [0.1, 0.15) is 19.3 Å². The van der Waals surface area contributed by atoms with Crippen LogP contribution in [0.5, 0.6) is 0 Å². The fourth-order valence-corrected chi connectivity index (χ4v) is 4.47.